The molecule has 0 saturated carbocycles. The van der Waals surface area contributed by atoms with Crippen LogP contribution < -0.4 is 0 Å². The molecule has 0 amide bonds. The largest absolute Gasteiger partial charge is 0.478 e. The van der Waals surface area contributed by atoms with Crippen molar-refractivity contribution in [3.63, 3.8) is 0 Å². The van der Waals surface area contributed by atoms with Crippen LogP contribution in [0.15, 0.2) is 12.2 Å². The predicted molar refractivity (Wildman–Crippen MR) is 55.3 cm³/mol. The molecule has 1 unspecified atom stereocenters. The molecule has 80 valence electrons. The van der Waals surface area contributed by atoms with Crippen molar-refractivity contribution in [2.24, 2.45) is 0 Å². The molecule has 14 heavy (non-hydrogen) atoms. The number of hydrogen-bond donors (Lipinski definition) is 1. The lowest BCUT2D eigenvalue weighted by Gasteiger charge is -2.20. The van der Waals surface area contributed by atoms with Gasteiger partial charge in [-0.3, -0.25) is 4.90 Å². The van der Waals surface area contributed by atoms with Crippen LogP contribution in [0, 0.1) is 0 Å². The smallest absolute Gasteiger partial charge is 0.332 e. The second-order valence-electron chi connectivity index (χ2n) is 4.05. The van der Waals surface area contributed by atoms with E-state index in [1.807, 2.05) is 0 Å². The number of nitrogens with zero attached hydrogens (tertiary/aromatic N) is 2. The molecule has 0 aromatic heterocycles. The van der Waals surface area contributed by atoms with Crippen LogP contribution in [0.3, 0.4) is 0 Å². The average Bonchev–Trinajstić information content (AvgIpc) is 2.52. The second-order valence-corrected chi connectivity index (χ2v) is 4.05. The molecule has 1 saturated heterocycles. The molecule has 1 rings (SSSR count). The summed E-state index contributed by atoms with van der Waals surface area (Å²) in [5, 5.41) is 8.68. The van der Waals surface area contributed by atoms with Gasteiger partial charge in [-0.2, -0.15) is 0 Å². The Labute approximate surface area is 84.8 Å². The van der Waals surface area contributed by atoms with E-state index in [1.54, 1.807) is 0 Å². The summed E-state index contributed by atoms with van der Waals surface area (Å²) in [6.07, 6.45) is 1.11. The Morgan fingerprint density at radius 1 is 1.64 bits per heavy atom. The van der Waals surface area contributed by atoms with E-state index < -0.39 is 5.97 Å². The molecular formula is C10H18N2O2. The predicted octanol–water partition coefficient (Wildman–Crippen LogP) is 0.263. The van der Waals surface area contributed by atoms with Gasteiger partial charge in [-0.1, -0.05) is 6.58 Å². The minimum atomic E-state index is -0.890. The number of hydrogen-bond acceptors (Lipinski definition) is 3. The van der Waals surface area contributed by atoms with Crippen molar-refractivity contribution in [1.29, 1.82) is 0 Å². The van der Waals surface area contributed by atoms with Gasteiger partial charge in [-0.05, 0) is 20.5 Å². The van der Waals surface area contributed by atoms with Gasteiger partial charge in [0.05, 0.1) is 0 Å². The molecule has 0 bridgehead atoms. The highest BCUT2D eigenvalue weighted by molar-refractivity contribution is 5.86. The Kier molecular flexibility index (Phi) is 3.66. The van der Waals surface area contributed by atoms with E-state index in [-0.39, 0.29) is 5.57 Å². The van der Waals surface area contributed by atoms with Crippen LogP contribution >= 0.6 is 0 Å². The highest BCUT2D eigenvalue weighted by Gasteiger charge is 2.24. The molecule has 1 N–H and O–H groups in total. The fourth-order valence-electron chi connectivity index (χ4n) is 1.71. The van der Waals surface area contributed by atoms with Gasteiger partial charge in [0, 0.05) is 31.2 Å². The summed E-state index contributed by atoms with van der Waals surface area (Å²) < 4.78 is 0. The normalized spacial score (nSPS) is 22.9. The van der Waals surface area contributed by atoms with E-state index in [2.05, 4.69) is 30.5 Å². The first kappa shape index (κ1) is 11.2. The number of rotatable bonds is 4. The number of likely N-dealkylation sites (tertiary alicyclic amines) is 1. The maximum absolute atomic E-state index is 10.6. The van der Waals surface area contributed by atoms with Crippen LogP contribution in [0.5, 0.6) is 0 Å². The fraction of sp³-hybridized carbons (Fsp3) is 0.700. The first-order chi connectivity index (χ1) is 6.50. The number of carboxylic acids is 1. The van der Waals surface area contributed by atoms with Crippen molar-refractivity contribution in [2.45, 2.75) is 12.5 Å². The maximum Gasteiger partial charge on any atom is 0.332 e. The Hall–Kier alpha value is -0.870. The molecule has 1 fully saturated rings. The molecule has 0 radical (unpaired) electrons. The standard InChI is InChI=1S/C10H18N2O2/c1-8(10(13)14)6-12-5-4-9(7-12)11(2)3/h9H,1,4-7H2,2-3H3,(H,13,14). The van der Waals surface area contributed by atoms with E-state index in [0.717, 1.165) is 19.5 Å². The minimum absolute atomic E-state index is 0.282. The number of carboxylic acid groups (broad SMARTS) is 1. The third kappa shape index (κ3) is 2.82. The zero-order valence-corrected chi connectivity index (χ0v) is 8.86. The Bertz CT molecular complexity index is 238. The van der Waals surface area contributed by atoms with Crippen LogP contribution in [-0.4, -0.2) is 60.6 Å². The number of carbonyl (C=O) groups is 1. The quantitative estimate of drug-likeness (QED) is 0.658. The van der Waals surface area contributed by atoms with E-state index in [4.69, 9.17) is 5.11 Å². The number of aliphatic carboxylic acids is 1. The van der Waals surface area contributed by atoms with Crippen molar-refractivity contribution in [1.82, 2.24) is 9.80 Å². The molecule has 1 aliphatic rings. The van der Waals surface area contributed by atoms with Crippen LogP contribution in [0.25, 0.3) is 0 Å². The van der Waals surface area contributed by atoms with E-state index in [1.165, 1.54) is 0 Å². The Balaban J connectivity index is 2.36. The van der Waals surface area contributed by atoms with E-state index in [9.17, 15) is 4.79 Å². The van der Waals surface area contributed by atoms with Crippen molar-refractivity contribution >= 4 is 5.97 Å². The van der Waals surface area contributed by atoms with Crippen LogP contribution in [-0.2, 0) is 4.79 Å². The first-order valence-corrected chi connectivity index (χ1v) is 4.80. The van der Waals surface area contributed by atoms with Crippen LogP contribution in [0.4, 0.5) is 0 Å². The Morgan fingerprint density at radius 2 is 2.29 bits per heavy atom. The summed E-state index contributed by atoms with van der Waals surface area (Å²) in [4.78, 5) is 14.9. The highest BCUT2D eigenvalue weighted by Crippen LogP contribution is 2.13. The Morgan fingerprint density at radius 3 is 2.71 bits per heavy atom. The van der Waals surface area contributed by atoms with Crippen molar-refractivity contribution in [2.75, 3.05) is 33.7 Å². The summed E-state index contributed by atoms with van der Waals surface area (Å²) in [6.45, 7) is 5.93. The summed E-state index contributed by atoms with van der Waals surface area (Å²) in [6, 6.07) is 0.552. The van der Waals surface area contributed by atoms with Gasteiger partial charge in [-0.15, -0.1) is 0 Å². The lowest BCUT2D eigenvalue weighted by molar-refractivity contribution is -0.132. The lowest BCUT2D eigenvalue weighted by Crippen LogP contribution is -2.32. The molecular weight excluding hydrogens is 180 g/mol. The summed E-state index contributed by atoms with van der Waals surface area (Å²) >= 11 is 0. The van der Waals surface area contributed by atoms with Crippen LogP contribution in [0.1, 0.15) is 6.42 Å². The van der Waals surface area contributed by atoms with E-state index in [0.29, 0.717) is 12.6 Å². The SMILES string of the molecule is C=C(CN1CCC(N(C)C)C1)C(=O)O. The fourth-order valence-corrected chi connectivity index (χ4v) is 1.71. The van der Waals surface area contributed by atoms with Gasteiger partial charge in [0.15, 0.2) is 0 Å². The van der Waals surface area contributed by atoms with Gasteiger partial charge in [0.25, 0.3) is 0 Å². The molecule has 0 aromatic carbocycles. The third-order valence-electron chi connectivity index (χ3n) is 2.69. The van der Waals surface area contributed by atoms with Gasteiger partial charge in [0.2, 0.25) is 0 Å². The first-order valence-electron chi connectivity index (χ1n) is 4.80. The van der Waals surface area contributed by atoms with E-state index >= 15 is 0 Å². The third-order valence-corrected chi connectivity index (χ3v) is 2.69. The zero-order chi connectivity index (χ0) is 10.7. The summed E-state index contributed by atoms with van der Waals surface area (Å²) in [5.41, 5.74) is 0.282. The van der Waals surface area contributed by atoms with Gasteiger partial charge in [0.1, 0.15) is 0 Å². The number of likely N-dealkylation sites (N-methyl/N-ethyl adjacent to an activating group) is 1. The van der Waals surface area contributed by atoms with Gasteiger partial charge >= 0.3 is 5.97 Å². The second kappa shape index (κ2) is 4.57. The topological polar surface area (TPSA) is 43.8 Å². The summed E-state index contributed by atoms with van der Waals surface area (Å²) in [5.74, 6) is -0.890. The zero-order valence-electron chi connectivity index (χ0n) is 8.86. The molecule has 1 aliphatic heterocycles. The van der Waals surface area contributed by atoms with Gasteiger partial charge in [-0.25, -0.2) is 4.79 Å². The molecule has 0 aromatic rings. The van der Waals surface area contributed by atoms with Crippen molar-refractivity contribution in [3.8, 4) is 0 Å². The van der Waals surface area contributed by atoms with Crippen molar-refractivity contribution < 1.29 is 9.90 Å². The molecule has 0 aliphatic carbocycles. The lowest BCUT2D eigenvalue weighted by atomic mass is 10.2. The molecule has 1 heterocycles. The monoisotopic (exact) mass is 198 g/mol. The average molecular weight is 198 g/mol. The maximum atomic E-state index is 10.6. The van der Waals surface area contributed by atoms with Crippen LogP contribution in [0.2, 0.25) is 0 Å². The molecule has 4 heteroatoms. The molecule has 0 spiro atoms. The van der Waals surface area contributed by atoms with Gasteiger partial charge < -0.3 is 10.0 Å². The molecule has 4 nitrogen and oxygen atoms in total. The highest BCUT2D eigenvalue weighted by atomic mass is 16.4. The summed E-state index contributed by atoms with van der Waals surface area (Å²) in [7, 11) is 4.11. The molecule has 1 atom stereocenters. The van der Waals surface area contributed by atoms with Crippen molar-refractivity contribution in [3.05, 3.63) is 12.2 Å². The minimum Gasteiger partial charge on any atom is -0.478 e.